The molecule has 0 atom stereocenters. The van der Waals surface area contributed by atoms with Gasteiger partial charge < -0.3 is 14.5 Å². The van der Waals surface area contributed by atoms with Crippen molar-refractivity contribution in [1.82, 2.24) is 4.90 Å². The van der Waals surface area contributed by atoms with Crippen LogP contribution in [0.4, 0.5) is 5.69 Å². The summed E-state index contributed by atoms with van der Waals surface area (Å²) in [5.74, 6) is -0.134. The van der Waals surface area contributed by atoms with Crippen LogP contribution in [-0.2, 0) is 10.0 Å². The number of rotatable bonds is 4. The van der Waals surface area contributed by atoms with Crippen LogP contribution in [0, 0.1) is 6.92 Å². The molecule has 26 heavy (non-hydrogen) atoms. The highest BCUT2D eigenvalue weighted by Gasteiger charge is 2.23. The third-order valence-electron chi connectivity index (χ3n) is 4.51. The van der Waals surface area contributed by atoms with Crippen LogP contribution < -0.4 is 4.90 Å². The molecule has 1 aliphatic rings. The number of piperazine rings is 1. The van der Waals surface area contributed by atoms with Gasteiger partial charge in [0.1, 0.15) is 10.0 Å². The average molecular weight is 373 g/mol. The zero-order valence-corrected chi connectivity index (χ0v) is 15.8. The topological polar surface area (TPSA) is 73.0 Å². The van der Waals surface area contributed by atoms with Crippen molar-refractivity contribution in [3.63, 3.8) is 0 Å². The minimum absolute atomic E-state index is 0.0320. The quantitative estimate of drug-likeness (QED) is 0.880. The molecule has 6 nitrogen and oxygen atoms in total. The van der Waals surface area contributed by atoms with E-state index < -0.39 is 10.0 Å². The number of benzene rings is 2. The van der Waals surface area contributed by atoms with Gasteiger partial charge >= 0.3 is 0 Å². The Morgan fingerprint density at radius 1 is 1.08 bits per heavy atom. The molecule has 0 saturated carbocycles. The fourth-order valence-electron chi connectivity index (χ4n) is 2.94. The molecule has 0 aromatic heterocycles. The smallest absolute Gasteiger partial charge is 0.254 e. The SMILES string of the molecule is Cc1cccc([N-]S(=O)(=O)c2cccc(C(=O)N3CC[NH+](C)CC3)c2)c1. The van der Waals surface area contributed by atoms with Crippen molar-refractivity contribution < 1.29 is 18.1 Å². The van der Waals surface area contributed by atoms with Crippen molar-refractivity contribution in [2.75, 3.05) is 33.2 Å². The first-order valence-electron chi connectivity index (χ1n) is 8.60. The van der Waals surface area contributed by atoms with E-state index in [1.165, 1.54) is 17.0 Å². The highest BCUT2D eigenvalue weighted by Crippen LogP contribution is 2.28. The summed E-state index contributed by atoms with van der Waals surface area (Å²) >= 11 is 0. The Kier molecular flexibility index (Phi) is 5.29. The predicted molar refractivity (Wildman–Crippen MR) is 100 cm³/mol. The van der Waals surface area contributed by atoms with Gasteiger partial charge in [-0.2, -0.15) is 0 Å². The van der Waals surface area contributed by atoms with Crippen LogP contribution in [-0.4, -0.2) is 52.5 Å². The van der Waals surface area contributed by atoms with Crippen LogP contribution >= 0.6 is 0 Å². The second kappa shape index (κ2) is 7.47. The van der Waals surface area contributed by atoms with Crippen LogP contribution in [0.25, 0.3) is 4.72 Å². The summed E-state index contributed by atoms with van der Waals surface area (Å²) in [7, 11) is -1.78. The molecular formula is C19H23N3O3S. The molecule has 1 N–H and O–H groups in total. The number of quaternary nitrogens is 1. The van der Waals surface area contributed by atoms with Gasteiger partial charge in [0.25, 0.3) is 5.91 Å². The molecule has 0 aliphatic carbocycles. The summed E-state index contributed by atoms with van der Waals surface area (Å²) < 4.78 is 29.1. The van der Waals surface area contributed by atoms with E-state index in [2.05, 4.69) is 11.8 Å². The Hall–Kier alpha value is -2.38. The maximum absolute atomic E-state index is 12.7. The van der Waals surface area contributed by atoms with Crippen molar-refractivity contribution in [2.24, 2.45) is 0 Å². The summed E-state index contributed by atoms with van der Waals surface area (Å²) in [6, 6.07) is 13.1. The monoisotopic (exact) mass is 373 g/mol. The van der Waals surface area contributed by atoms with Crippen molar-refractivity contribution in [3.8, 4) is 0 Å². The molecule has 7 heteroatoms. The lowest BCUT2D eigenvalue weighted by molar-refractivity contribution is -0.883. The van der Waals surface area contributed by atoms with Gasteiger partial charge in [-0.25, -0.2) is 8.42 Å². The Morgan fingerprint density at radius 2 is 1.77 bits per heavy atom. The molecule has 3 rings (SSSR count). The molecule has 0 radical (unpaired) electrons. The number of carbonyl (C=O) groups is 1. The van der Waals surface area contributed by atoms with Crippen LogP contribution in [0.15, 0.2) is 53.4 Å². The maximum atomic E-state index is 12.7. The van der Waals surface area contributed by atoms with Gasteiger partial charge in [0.05, 0.1) is 38.1 Å². The Morgan fingerprint density at radius 3 is 2.46 bits per heavy atom. The van der Waals surface area contributed by atoms with Crippen LogP contribution in [0.2, 0.25) is 0 Å². The predicted octanol–water partition coefficient (Wildman–Crippen LogP) is 1.36. The molecular weight excluding hydrogens is 350 g/mol. The number of nitrogens with zero attached hydrogens (tertiary/aromatic N) is 2. The van der Waals surface area contributed by atoms with E-state index in [0.717, 1.165) is 18.7 Å². The number of amides is 1. The fourth-order valence-corrected chi connectivity index (χ4v) is 3.96. The van der Waals surface area contributed by atoms with Gasteiger partial charge in [-0.3, -0.25) is 4.79 Å². The Balaban J connectivity index is 1.81. The zero-order chi connectivity index (χ0) is 18.7. The van der Waals surface area contributed by atoms with Crippen LogP contribution in [0.5, 0.6) is 0 Å². The lowest BCUT2D eigenvalue weighted by Crippen LogP contribution is -3.12. The molecule has 1 aliphatic heterocycles. The van der Waals surface area contributed by atoms with Gasteiger partial charge in [0.15, 0.2) is 0 Å². The van der Waals surface area contributed by atoms with Gasteiger partial charge in [-0.05, 0) is 25.1 Å². The van der Waals surface area contributed by atoms with E-state index in [-0.39, 0.29) is 10.8 Å². The van der Waals surface area contributed by atoms with Gasteiger partial charge in [0, 0.05) is 5.56 Å². The molecule has 1 fully saturated rings. The number of nitrogens with one attached hydrogen (secondary N) is 1. The summed E-state index contributed by atoms with van der Waals surface area (Å²) in [6.45, 7) is 5.02. The molecule has 2 aromatic rings. The van der Waals surface area contributed by atoms with Crippen molar-refractivity contribution in [3.05, 3.63) is 64.4 Å². The summed E-state index contributed by atoms with van der Waals surface area (Å²) in [5, 5.41) is 0. The van der Waals surface area contributed by atoms with Crippen LogP contribution in [0.1, 0.15) is 15.9 Å². The lowest BCUT2D eigenvalue weighted by Gasteiger charge is -2.30. The van der Waals surface area contributed by atoms with Gasteiger partial charge in [0.2, 0.25) is 0 Å². The largest absolute Gasteiger partial charge is 0.573 e. The Labute approximate surface area is 154 Å². The highest BCUT2D eigenvalue weighted by atomic mass is 32.2. The summed E-state index contributed by atoms with van der Waals surface area (Å²) in [6.07, 6.45) is 0. The number of hydrogen-bond donors (Lipinski definition) is 1. The molecule has 0 unspecified atom stereocenters. The molecule has 1 saturated heterocycles. The second-order valence-corrected chi connectivity index (χ2v) is 8.29. The standard InChI is InChI=1S/C19H22N3O3S/c1-15-5-3-7-17(13-15)20-26(24,25)18-8-4-6-16(14-18)19(23)22-11-9-21(2)10-12-22/h3-8,13-14H,9-12H2,1-2H3/q-1/p+1. The molecule has 0 spiro atoms. The third-order valence-corrected chi connectivity index (χ3v) is 5.81. The zero-order valence-electron chi connectivity index (χ0n) is 15.0. The van der Waals surface area contributed by atoms with Crippen molar-refractivity contribution >= 4 is 21.6 Å². The second-order valence-electron chi connectivity index (χ2n) is 6.68. The lowest BCUT2D eigenvalue weighted by atomic mass is 10.2. The molecule has 2 aromatic carbocycles. The maximum Gasteiger partial charge on any atom is 0.254 e. The normalized spacial score (nSPS) is 15.7. The number of hydrogen-bond acceptors (Lipinski definition) is 3. The van der Waals surface area contributed by atoms with Crippen molar-refractivity contribution in [1.29, 1.82) is 0 Å². The highest BCUT2D eigenvalue weighted by molar-refractivity contribution is 7.94. The van der Waals surface area contributed by atoms with Crippen LogP contribution in [0.3, 0.4) is 0 Å². The average Bonchev–Trinajstić information content (AvgIpc) is 2.61. The number of sulfonamides is 1. The summed E-state index contributed by atoms with van der Waals surface area (Å²) in [4.78, 5) is 15.9. The third kappa shape index (κ3) is 4.23. The van der Waals surface area contributed by atoms with E-state index in [1.54, 1.807) is 35.2 Å². The molecule has 138 valence electrons. The van der Waals surface area contributed by atoms with E-state index in [4.69, 9.17) is 0 Å². The fraction of sp³-hybridized carbons (Fsp3) is 0.316. The van der Waals surface area contributed by atoms with E-state index in [9.17, 15) is 13.2 Å². The van der Waals surface area contributed by atoms with E-state index in [1.807, 2.05) is 13.0 Å². The first kappa shape index (κ1) is 18.4. The number of carbonyl (C=O) groups excluding carboxylic acids is 1. The molecule has 1 amide bonds. The minimum Gasteiger partial charge on any atom is -0.573 e. The number of likely N-dealkylation sites (N-methyl/N-ethyl adjacent to an activating group) is 1. The van der Waals surface area contributed by atoms with Gasteiger partial charge in [-0.1, -0.05) is 35.9 Å². The first-order chi connectivity index (χ1) is 12.3. The minimum atomic E-state index is -3.88. The van der Waals surface area contributed by atoms with Crippen molar-refractivity contribution in [2.45, 2.75) is 11.8 Å². The Bertz CT molecular complexity index is 904. The molecule has 0 bridgehead atoms. The number of aryl methyl sites for hydroxylation is 1. The van der Waals surface area contributed by atoms with E-state index in [0.29, 0.717) is 24.3 Å². The van der Waals surface area contributed by atoms with E-state index >= 15 is 0 Å². The summed E-state index contributed by atoms with van der Waals surface area (Å²) in [5.41, 5.74) is 1.69. The first-order valence-corrected chi connectivity index (χ1v) is 10.0. The van der Waals surface area contributed by atoms with Gasteiger partial charge in [-0.15, -0.1) is 5.69 Å². The molecule has 1 heterocycles.